The molecule has 1 heterocycles. The number of nitrogens with zero attached hydrogens (tertiary/aromatic N) is 3. The van der Waals surface area contributed by atoms with E-state index in [1.54, 1.807) is 0 Å². The van der Waals surface area contributed by atoms with Crippen LogP contribution in [0.3, 0.4) is 0 Å². The van der Waals surface area contributed by atoms with Gasteiger partial charge in [0, 0.05) is 19.3 Å². The molecule has 0 atom stereocenters. The SMILES string of the molecule is CN(c1cccc(O)c1)S(=O)(=O)c1cnn(CC(=O)O)c1. The maximum atomic E-state index is 12.4. The van der Waals surface area contributed by atoms with Crippen LogP contribution in [0, 0.1) is 0 Å². The number of carbonyl (C=O) groups is 1. The average Bonchev–Trinajstić information content (AvgIpc) is 2.86. The summed E-state index contributed by atoms with van der Waals surface area (Å²) in [7, 11) is -2.55. The third-order valence-electron chi connectivity index (χ3n) is 2.76. The van der Waals surface area contributed by atoms with Crippen molar-refractivity contribution in [3.05, 3.63) is 36.7 Å². The number of hydrogen-bond acceptors (Lipinski definition) is 5. The molecule has 1 aromatic heterocycles. The van der Waals surface area contributed by atoms with Crippen molar-refractivity contribution >= 4 is 21.7 Å². The standard InChI is InChI=1S/C12H13N3O5S/c1-14(9-3-2-4-10(16)5-9)21(19,20)11-6-13-15(7-11)8-12(17)18/h2-7,16H,8H2,1H3,(H,17,18). The van der Waals surface area contributed by atoms with Crippen LogP contribution in [0.15, 0.2) is 41.6 Å². The molecule has 0 fully saturated rings. The predicted molar refractivity (Wildman–Crippen MR) is 73.6 cm³/mol. The molecule has 9 heteroatoms. The Morgan fingerprint density at radius 2 is 2.14 bits per heavy atom. The molecule has 2 N–H and O–H groups in total. The number of aromatic nitrogens is 2. The number of benzene rings is 1. The summed E-state index contributed by atoms with van der Waals surface area (Å²) in [5, 5.41) is 21.7. The fourth-order valence-corrected chi connectivity index (χ4v) is 2.83. The third kappa shape index (κ3) is 3.14. The van der Waals surface area contributed by atoms with Gasteiger partial charge >= 0.3 is 5.97 Å². The maximum absolute atomic E-state index is 12.4. The summed E-state index contributed by atoms with van der Waals surface area (Å²) in [6.07, 6.45) is 2.22. The zero-order valence-electron chi connectivity index (χ0n) is 11.0. The largest absolute Gasteiger partial charge is 0.508 e. The second-order valence-electron chi connectivity index (χ2n) is 4.26. The highest BCUT2D eigenvalue weighted by molar-refractivity contribution is 7.92. The minimum atomic E-state index is -3.88. The fourth-order valence-electron chi connectivity index (χ4n) is 1.69. The van der Waals surface area contributed by atoms with E-state index in [0.717, 1.165) is 21.4 Å². The van der Waals surface area contributed by atoms with Crippen LogP contribution in [0.25, 0.3) is 0 Å². The van der Waals surface area contributed by atoms with E-state index in [-0.39, 0.29) is 16.3 Å². The number of carboxylic acid groups (broad SMARTS) is 1. The molecule has 0 saturated heterocycles. The zero-order valence-corrected chi connectivity index (χ0v) is 11.9. The summed E-state index contributed by atoms with van der Waals surface area (Å²) < 4.78 is 26.8. The molecule has 0 spiro atoms. The highest BCUT2D eigenvalue weighted by atomic mass is 32.2. The monoisotopic (exact) mass is 311 g/mol. The topological polar surface area (TPSA) is 113 Å². The van der Waals surface area contributed by atoms with Crippen LogP contribution >= 0.6 is 0 Å². The third-order valence-corrected chi connectivity index (χ3v) is 4.50. The lowest BCUT2D eigenvalue weighted by Gasteiger charge is -2.18. The quantitative estimate of drug-likeness (QED) is 0.831. The molecular formula is C12H13N3O5S. The second kappa shape index (κ2) is 5.44. The number of phenols is 1. The summed E-state index contributed by atoms with van der Waals surface area (Å²) in [5.41, 5.74) is 0.279. The molecule has 0 saturated carbocycles. The lowest BCUT2D eigenvalue weighted by atomic mass is 10.3. The molecule has 0 bridgehead atoms. The van der Waals surface area contributed by atoms with Crippen molar-refractivity contribution in [3.63, 3.8) is 0 Å². The van der Waals surface area contributed by atoms with E-state index in [9.17, 15) is 18.3 Å². The van der Waals surface area contributed by atoms with E-state index < -0.39 is 22.5 Å². The molecule has 0 aliphatic heterocycles. The fraction of sp³-hybridized carbons (Fsp3) is 0.167. The summed E-state index contributed by atoms with van der Waals surface area (Å²) in [6.45, 7) is -0.425. The normalized spacial score (nSPS) is 11.3. The van der Waals surface area contributed by atoms with Gasteiger partial charge in [0.25, 0.3) is 10.0 Å². The van der Waals surface area contributed by atoms with Crippen molar-refractivity contribution in [2.75, 3.05) is 11.4 Å². The first kappa shape index (κ1) is 14.9. The van der Waals surface area contributed by atoms with Gasteiger partial charge in [0.05, 0.1) is 11.9 Å². The van der Waals surface area contributed by atoms with Gasteiger partial charge in [-0.1, -0.05) is 6.07 Å². The molecule has 2 aromatic rings. The molecule has 0 aliphatic carbocycles. The molecule has 2 rings (SSSR count). The molecule has 0 radical (unpaired) electrons. The first-order chi connectivity index (χ1) is 9.80. The number of phenolic OH excluding ortho intramolecular Hbond substituents is 1. The van der Waals surface area contributed by atoms with E-state index >= 15 is 0 Å². The molecule has 21 heavy (non-hydrogen) atoms. The first-order valence-electron chi connectivity index (χ1n) is 5.83. The van der Waals surface area contributed by atoms with Crippen LogP contribution in [0.2, 0.25) is 0 Å². The summed E-state index contributed by atoms with van der Waals surface area (Å²) >= 11 is 0. The van der Waals surface area contributed by atoms with E-state index in [1.165, 1.54) is 31.3 Å². The Bertz CT molecular complexity index is 769. The highest BCUT2D eigenvalue weighted by Gasteiger charge is 2.23. The van der Waals surface area contributed by atoms with Crippen LogP contribution in [0.5, 0.6) is 5.75 Å². The predicted octanol–water partition coefficient (Wildman–Crippen LogP) is 0.498. The summed E-state index contributed by atoms with van der Waals surface area (Å²) in [4.78, 5) is 10.4. The van der Waals surface area contributed by atoms with Gasteiger partial charge in [-0.05, 0) is 12.1 Å². The summed E-state index contributed by atoms with van der Waals surface area (Å²) in [5.74, 6) is -1.18. The second-order valence-corrected chi connectivity index (χ2v) is 6.23. The molecule has 0 aliphatic rings. The maximum Gasteiger partial charge on any atom is 0.325 e. The molecule has 1 aromatic carbocycles. The summed E-state index contributed by atoms with van der Waals surface area (Å²) in [6, 6.07) is 5.78. The molecule has 0 unspecified atom stereocenters. The zero-order chi connectivity index (χ0) is 15.6. The molecule has 8 nitrogen and oxygen atoms in total. The minimum absolute atomic E-state index is 0.0591. The average molecular weight is 311 g/mol. The Kier molecular flexibility index (Phi) is 3.85. The van der Waals surface area contributed by atoms with Crippen LogP contribution in [-0.4, -0.2) is 41.4 Å². The van der Waals surface area contributed by atoms with Gasteiger partial charge in [-0.25, -0.2) is 8.42 Å². The number of carboxylic acids is 1. The van der Waals surface area contributed by atoms with Gasteiger partial charge in [0.15, 0.2) is 0 Å². The first-order valence-corrected chi connectivity index (χ1v) is 7.27. The van der Waals surface area contributed by atoms with Crippen LogP contribution < -0.4 is 4.31 Å². The van der Waals surface area contributed by atoms with Crippen molar-refractivity contribution in [3.8, 4) is 5.75 Å². The minimum Gasteiger partial charge on any atom is -0.508 e. The van der Waals surface area contributed by atoms with E-state index in [1.807, 2.05) is 0 Å². The van der Waals surface area contributed by atoms with Gasteiger partial charge in [-0.15, -0.1) is 0 Å². The highest BCUT2D eigenvalue weighted by Crippen LogP contribution is 2.24. The van der Waals surface area contributed by atoms with Crippen molar-refractivity contribution in [1.82, 2.24) is 9.78 Å². The Morgan fingerprint density at radius 3 is 2.76 bits per heavy atom. The number of anilines is 1. The van der Waals surface area contributed by atoms with Crippen LogP contribution in [0.4, 0.5) is 5.69 Å². The smallest absolute Gasteiger partial charge is 0.325 e. The Labute approximate surface area is 120 Å². The van der Waals surface area contributed by atoms with Gasteiger partial charge < -0.3 is 10.2 Å². The lowest BCUT2D eigenvalue weighted by molar-refractivity contribution is -0.137. The Morgan fingerprint density at radius 1 is 1.43 bits per heavy atom. The lowest BCUT2D eigenvalue weighted by Crippen LogP contribution is -2.26. The number of sulfonamides is 1. The van der Waals surface area contributed by atoms with Crippen molar-refractivity contribution in [2.24, 2.45) is 0 Å². The Balaban J connectivity index is 2.33. The Hall–Kier alpha value is -2.55. The van der Waals surface area contributed by atoms with Gasteiger partial charge in [0.2, 0.25) is 0 Å². The van der Waals surface area contributed by atoms with E-state index in [2.05, 4.69) is 5.10 Å². The number of aliphatic carboxylic acids is 1. The number of hydrogen-bond donors (Lipinski definition) is 2. The van der Waals surface area contributed by atoms with Crippen molar-refractivity contribution in [1.29, 1.82) is 0 Å². The number of rotatable bonds is 5. The van der Waals surface area contributed by atoms with Gasteiger partial charge in [-0.2, -0.15) is 5.10 Å². The van der Waals surface area contributed by atoms with Crippen molar-refractivity contribution < 1.29 is 23.4 Å². The van der Waals surface area contributed by atoms with E-state index in [4.69, 9.17) is 5.11 Å². The van der Waals surface area contributed by atoms with E-state index in [0.29, 0.717) is 0 Å². The number of aromatic hydroxyl groups is 1. The molecule has 112 valence electrons. The van der Waals surface area contributed by atoms with Gasteiger partial charge in [0.1, 0.15) is 17.2 Å². The van der Waals surface area contributed by atoms with Crippen molar-refractivity contribution in [2.45, 2.75) is 11.4 Å². The van der Waals surface area contributed by atoms with Gasteiger partial charge in [-0.3, -0.25) is 13.8 Å². The molecular weight excluding hydrogens is 298 g/mol. The molecule has 0 amide bonds. The van der Waals surface area contributed by atoms with Crippen LogP contribution in [-0.2, 0) is 21.4 Å². The van der Waals surface area contributed by atoms with Crippen LogP contribution in [0.1, 0.15) is 0 Å².